The molecule has 0 saturated heterocycles. The fourth-order valence-corrected chi connectivity index (χ4v) is 0.812. The molecule has 0 aliphatic carbocycles. The molecular weight excluding hydrogens is 158 g/mol. The molecule has 1 rings (SSSR count). The smallest absolute Gasteiger partial charge is 0.274 e. The van der Waals surface area contributed by atoms with Crippen LogP contribution in [0, 0.1) is 6.92 Å². The van der Waals surface area contributed by atoms with Crippen LogP contribution < -0.4 is 10.9 Å². The van der Waals surface area contributed by atoms with E-state index in [2.05, 4.69) is 15.3 Å². The summed E-state index contributed by atoms with van der Waals surface area (Å²) in [7, 11) is 0. The molecule has 0 bridgehead atoms. The number of aromatic amines is 1. The summed E-state index contributed by atoms with van der Waals surface area (Å²) in [5, 5.41) is 2.40. The predicted molar refractivity (Wildman–Crippen MR) is 43.9 cm³/mol. The number of carbonyl (C=O) groups excluding carboxylic acids is 1. The van der Waals surface area contributed by atoms with Crippen LogP contribution in [0.1, 0.15) is 12.6 Å². The minimum absolute atomic E-state index is 0.213. The molecule has 1 aromatic heterocycles. The summed E-state index contributed by atoms with van der Waals surface area (Å²) >= 11 is 0. The Balaban J connectivity index is 3.13. The molecule has 0 aliphatic heterocycles. The second-order valence-corrected chi connectivity index (χ2v) is 2.37. The van der Waals surface area contributed by atoms with Gasteiger partial charge < -0.3 is 10.3 Å². The number of nitrogens with one attached hydrogen (secondary N) is 2. The number of aryl methyl sites for hydroxylation is 1. The van der Waals surface area contributed by atoms with Gasteiger partial charge in [0, 0.05) is 6.92 Å². The highest BCUT2D eigenvalue weighted by atomic mass is 16.2. The lowest BCUT2D eigenvalue weighted by atomic mass is 10.3. The first kappa shape index (κ1) is 8.45. The largest absolute Gasteiger partial charge is 0.320 e. The quantitative estimate of drug-likeness (QED) is 0.620. The second kappa shape index (κ2) is 3.17. The van der Waals surface area contributed by atoms with Gasteiger partial charge in [0.2, 0.25) is 5.91 Å². The Morgan fingerprint density at radius 1 is 1.67 bits per heavy atom. The van der Waals surface area contributed by atoms with Gasteiger partial charge in [-0.15, -0.1) is 0 Å². The Morgan fingerprint density at radius 2 is 2.33 bits per heavy atom. The highest BCUT2D eigenvalue weighted by Crippen LogP contribution is 2.01. The van der Waals surface area contributed by atoms with Gasteiger partial charge in [-0.05, 0) is 6.92 Å². The summed E-state index contributed by atoms with van der Waals surface area (Å²) < 4.78 is 0. The number of aromatic nitrogens is 2. The molecule has 5 nitrogen and oxygen atoms in total. The summed E-state index contributed by atoms with van der Waals surface area (Å²) in [5.41, 5.74) is 0.386. The predicted octanol–water partition coefficient (Wildman–Crippen LogP) is 0.0367. The SMILES string of the molecule is CC(=O)Nc1c(C)nc[nH]c1=O. The third-order valence-corrected chi connectivity index (χ3v) is 1.34. The number of anilines is 1. The van der Waals surface area contributed by atoms with Crippen LogP contribution in [0.4, 0.5) is 5.69 Å². The lowest BCUT2D eigenvalue weighted by molar-refractivity contribution is -0.114. The molecule has 0 spiro atoms. The highest BCUT2D eigenvalue weighted by molar-refractivity contribution is 5.88. The third-order valence-electron chi connectivity index (χ3n) is 1.34. The zero-order valence-electron chi connectivity index (χ0n) is 6.84. The van der Waals surface area contributed by atoms with E-state index >= 15 is 0 Å². The van der Waals surface area contributed by atoms with Crippen molar-refractivity contribution < 1.29 is 4.79 Å². The Labute approximate surface area is 68.8 Å². The van der Waals surface area contributed by atoms with Crippen molar-refractivity contribution >= 4 is 11.6 Å². The summed E-state index contributed by atoms with van der Waals surface area (Å²) in [6.07, 6.45) is 1.29. The molecule has 0 unspecified atom stereocenters. The number of hydrogen-bond acceptors (Lipinski definition) is 3. The van der Waals surface area contributed by atoms with Crippen molar-refractivity contribution in [3.05, 3.63) is 22.4 Å². The van der Waals surface area contributed by atoms with Crippen molar-refractivity contribution in [3.63, 3.8) is 0 Å². The van der Waals surface area contributed by atoms with Crippen molar-refractivity contribution in [2.45, 2.75) is 13.8 Å². The minimum atomic E-state index is -0.335. The van der Waals surface area contributed by atoms with Crippen LogP contribution in [0.3, 0.4) is 0 Å². The van der Waals surface area contributed by atoms with Crippen LogP contribution in [0.2, 0.25) is 0 Å². The van der Waals surface area contributed by atoms with Crippen LogP contribution >= 0.6 is 0 Å². The maximum absolute atomic E-state index is 11.1. The summed E-state index contributed by atoms with van der Waals surface area (Å²) in [4.78, 5) is 27.9. The van der Waals surface area contributed by atoms with Crippen LogP contribution in [0.15, 0.2) is 11.1 Å². The first-order chi connectivity index (χ1) is 5.61. The van der Waals surface area contributed by atoms with Crippen LogP contribution in [0.25, 0.3) is 0 Å². The molecule has 2 N–H and O–H groups in total. The summed E-state index contributed by atoms with van der Waals surface area (Å²) in [6, 6.07) is 0. The molecule has 0 atom stereocenters. The number of carbonyl (C=O) groups is 1. The van der Waals surface area contributed by atoms with Crippen LogP contribution in [-0.4, -0.2) is 15.9 Å². The molecule has 0 aliphatic rings. The van der Waals surface area contributed by atoms with Crippen molar-refractivity contribution in [2.24, 2.45) is 0 Å². The van der Waals surface area contributed by atoms with Gasteiger partial charge in [0.1, 0.15) is 5.69 Å². The van der Waals surface area contributed by atoms with Gasteiger partial charge in [-0.2, -0.15) is 0 Å². The Hall–Kier alpha value is -1.65. The number of nitrogens with zero attached hydrogens (tertiary/aromatic N) is 1. The van der Waals surface area contributed by atoms with E-state index in [1.807, 2.05) is 0 Å². The number of hydrogen-bond donors (Lipinski definition) is 2. The van der Waals surface area contributed by atoms with E-state index in [4.69, 9.17) is 0 Å². The van der Waals surface area contributed by atoms with Gasteiger partial charge in [0.15, 0.2) is 0 Å². The first-order valence-electron chi connectivity index (χ1n) is 3.43. The monoisotopic (exact) mass is 167 g/mol. The molecule has 0 aromatic carbocycles. The van der Waals surface area contributed by atoms with Crippen LogP contribution in [0.5, 0.6) is 0 Å². The maximum Gasteiger partial charge on any atom is 0.274 e. The topological polar surface area (TPSA) is 74.8 Å². The van der Waals surface area contributed by atoms with Gasteiger partial charge in [0.05, 0.1) is 12.0 Å². The van der Waals surface area contributed by atoms with Gasteiger partial charge in [-0.3, -0.25) is 9.59 Å². The van der Waals surface area contributed by atoms with Crippen LogP contribution in [-0.2, 0) is 4.79 Å². The number of H-pyrrole nitrogens is 1. The summed E-state index contributed by atoms with van der Waals surface area (Å²) in [5.74, 6) is -0.281. The van der Waals surface area contributed by atoms with Crippen molar-refractivity contribution in [1.29, 1.82) is 0 Å². The van der Waals surface area contributed by atoms with E-state index in [-0.39, 0.29) is 17.2 Å². The Morgan fingerprint density at radius 3 is 2.83 bits per heavy atom. The fraction of sp³-hybridized carbons (Fsp3) is 0.286. The van der Waals surface area contributed by atoms with Crippen molar-refractivity contribution in [3.8, 4) is 0 Å². The van der Waals surface area contributed by atoms with E-state index in [0.29, 0.717) is 5.69 Å². The molecule has 1 amide bonds. The zero-order valence-corrected chi connectivity index (χ0v) is 6.84. The zero-order chi connectivity index (χ0) is 9.14. The Kier molecular flexibility index (Phi) is 2.23. The number of amides is 1. The average Bonchev–Trinajstić information content (AvgIpc) is 1.97. The van der Waals surface area contributed by atoms with Crippen molar-refractivity contribution in [2.75, 3.05) is 5.32 Å². The molecule has 1 heterocycles. The Bertz CT molecular complexity index is 356. The van der Waals surface area contributed by atoms with Crippen molar-refractivity contribution in [1.82, 2.24) is 9.97 Å². The van der Waals surface area contributed by atoms with E-state index in [9.17, 15) is 9.59 Å². The molecule has 1 aromatic rings. The normalized spacial score (nSPS) is 9.50. The minimum Gasteiger partial charge on any atom is -0.320 e. The fourth-order valence-electron chi connectivity index (χ4n) is 0.812. The molecule has 0 fully saturated rings. The molecule has 5 heteroatoms. The number of rotatable bonds is 1. The van der Waals surface area contributed by atoms with E-state index in [1.165, 1.54) is 13.3 Å². The van der Waals surface area contributed by atoms with E-state index < -0.39 is 0 Å². The lowest BCUT2D eigenvalue weighted by Crippen LogP contribution is -2.19. The van der Waals surface area contributed by atoms with Gasteiger partial charge >= 0.3 is 0 Å². The second-order valence-electron chi connectivity index (χ2n) is 2.37. The molecule has 64 valence electrons. The molecule has 0 saturated carbocycles. The third kappa shape index (κ3) is 1.69. The maximum atomic E-state index is 11.1. The molecular formula is C7H9N3O2. The van der Waals surface area contributed by atoms with Gasteiger partial charge in [-0.25, -0.2) is 4.98 Å². The van der Waals surface area contributed by atoms with Gasteiger partial charge in [0.25, 0.3) is 5.56 Å². The lowest BCUT2D eigenvalue weighted by Gasteiger charge is -2.01. The highest BCUT2D eigenvalue weighted by Gasteiger charge is 2.04. The average molecular weight is 167 g/mol. The van der Waals surface area contributed by atoms with Gasteiger partial charge in [-0.1, -0.05) is 0 Å². The molecule has 12 heavy (non-hydrogen) atoms. The van der Waals surface area contributed by atoms with E-state index in [0.717, 1.165) is 0 Å². The standard InChI is InChI=1S/C7H9N3O2/c1-4-6(10-5(2)11)7(12)9-3-8-4/h3H,1-2H3,(H,10,11)(H,8,9,12). The molecule has 0 radical (unpaired) electrons. The summed E-state index contributed by atoms with van der Waals surface area (Å²) in [6.45, 7) is 2.99. The van der Waals surface area contributed by atoms with E-state index in [1.54, 1.807) is 6.92 Å². The first-order valence-corrected chi connectivity index (χ1v) is 3.43.